The molecule has 0 bridgehead atoms. The van der Waals surface area contributed by atoms with E-state index in [1.165, 1.54) is 44.5 Å². The molecule has 0 aromatic carbocycles. The van der Waals surface area contributed by atoms with Crippen LogP contribution in [0.15, 0.2) is 0 Å². The van der Waals surface area contributed by atoms with Gasteiger partial charge in [0.1, 0.15) is 0 Å². The van der Waals surface area contributed by atoms with Crippen LogP contribution in [0.5, 0.6) is 0 Å². The van der Waals surface area contributed by atoms with Crippen LogP contribution in [0.4, 0.5) is 0 Å². The first-order chi connectivity index (χ1) is 8.44. The van der Waals surface area contributed by atoms with Gasteiger partial charge in [0.05, 0.1) is 0 Å². The molecule has 0 aliphatic heterocycles. The summed E-state index contributed by atoms with van der Waals surface area (Å²) >= 11 is 2.18. The van der Waals surface area contributed by atoms with Crippen molar-refractivity contribution in [2.45, 2.75) is 57.7 Å². The summed E-state index contributed by atoms with van der Waals surface area (Å²) in [6, 6.07) is 0.741. The number of nitrogens with one attached hydrogen (secondary N) is 1. The van der Waals surface area contributed by atoms with E-state index in [0.717, 1.165) is 11.3 Å². The zero-order valence-corrected chi connectivity index (χ0v) is 13.8. The molecule has 1 rings (SSSR count). The van der Waals surface area contributed by atoms with Gasteiger partial charge < -0.3 is 10.2 Å². The van der Waals surface area contributed by atoms with E-state index in [2.05, 4.69) is 56.8 Å². The second kappa shape index (κ2) is 7.76. The highest BCUT2D eigenvalue weighted by Gasteiger charge is 2.34. The lowest BCUT2D eigenvalue weighted by Crippen LogP contribution is -2.45. The lowest BCUT2D eigenvalue weighted by atomic mass is 9.75. The number of nitrogens with zero attached hydrogens (tertiary/aromatic N) is 1. The maximum atomic E-state index is 3.76. The summed E-state index contributed by atoms with van der Waals surface area (Å²) in [5, 5.41) is 4.57. The monoisotopic (exact) mass is 272 g/mol. The Morgan fingerprint density at radius 3 is 2.67 bits per heavy atom. The summed E-state index contributed by atoms with van der Waals surface area (Å²) in [7, 11) is 4.33. The molecule has 108 valence electrons. The summed E-state index contributed by atoms with van der Waals surface area (Å²) in [5.74, 6) is 1.26. The number of rotatable bonds is 7. The first-order valence-electron chi connectivity index (χ1n) is 7.44. The van der Waals surface area contributed by atoms with Crippen molar-refractivity contribution in [1.29, 1.82) is 0 Å². The molecule has 0 spiro atoms. The fraction of sp³-hybridized carbons (Fsp3) is 1.00. The van der Waals surface area contributed by atoms with E-state index in [1.54, 1.807) is 0 Å². The van der Waals surface area contributed by atoms with Gasteiger partial charge in [-0.1, -0.05) is 20.8 Å². The smallest absolute Gasteiger partial charge is 0.0206 e. The van der Waals surface area contributed by atoms with Gasteiger partial charge in [0.2, 0.25) is 0 Å². The predicted octanol–water partition coefficient (Wildman–Crippen LogP) is 3.23. The number of hydrogen-bond donors (Lipinski definition) is 1. The Hall–Kier alpha value is 0.270. The minimum Gasteiger partial charge on any atom is -0.313 e. The Labute approximate surface area is 118 Å². The van der Waals surface area contributed by atoms with Crippen LogP contribution in [-0.2, 0) is 0 Å². The maximum Gasteiger partial charge on any atom is 0.0206 e. The zero-order valence-electron chi connectivity index (χ0n) is 13.0. The standard InChI is InChI=1S/C15H32N2S/c1-6-9-16-13-7-8-15(2,3)12-14(13)18-11-10-17(4)5/h13-14,16H,6-12H2,1-5H3. The van der Waals surface area contributed by atoms with Crippen LogP contribution in [0, 0.1) is 5.41 Å². The van der Waals surface area contributed by atoms with Crippen LogP contribution in [0.2, 0.25) is 0 Å². The lowest BCUT2D eigenvalue weighted by Gasteiger charge is -2.41. The van der Waals surface area contributed by atoms with Gasteiger partial charge in [0.25, 0.3) is 0 Å². The summed E-state index contributed by atoms with van der Waals surface area (Å²) < 4.78 is 0. The van der Waals surface area contributed by atoms with Crippen LogP contribution in [0.1, 0.15) is 46.5 Å². The van der Waals surface area contributed by atoms with E-state index in [9.17, 15) is 0 Å². The van der Waals surface area contributed by atoms with Crippen molar-refractivity contribution in [3.63, 3.8) is 0 Å². The largest absolute Gasteiger partial charge is 0.313 e. The molecule has 0 radical (unpaired) electrons. The molecule has 1 fully saturated rings. The van der Waals surface area contributed by atoms with Crippen molar-refractivity contribution in [3.05, 3.63) is 0 Å². The fourth-order valence-corrected chi connectivity index (χ4v) is 4.45. The van der Waals surface area contributed by atoms with Crippen LogP contribution in [0.3, 0.4) is 0 Å². The lowest BCUT2D eigenvalue weighted by molar-refractivity contribution is 0.214. The molecule has 18 heavy (non-hydrogen) atoms. The van der Waals surface area contributed by atoms with Crippen molar-refractivity contribution in [1.82, 2.24) is 10.2 Å². The SMILES string of the molecule is CCCNC1CCC(C)(C)CC1SCCN(C)C. The van der Waals surface area contributed by atoms with E-state index in [0.29, 0.717) is 5.41 Å². The van der Waals surface area contributed by atoms with Crippen LogP contribution in [0.25, 0.3) is 0 Å². The van der Waals surface area contributed by atoms with Gasteiger partial charge in [-0.3, -0.25) is 0 Å². The van der Waals surface area contributed by atoms with Crippen molar-refractivity contribution < 1.29 is 0 Å². The molecular weight excluding hydrogens is 240 g/mol. The minimum atomic E-state index is 0.542. The van der Waals surface area contributed by atoms with Gasteiger partial charge >= 0.3 is 0 Å². The highest BCUT2D eigenvalue weighted by atomic mass is 32.2. The topological polar surface area (TPSA) is 15.3 Å². The van der Waals surface area contributed by atoms with E-state index < -0.39 is 0 Å². The maximum absolute atomic E-state index is 3.76. The molecule has 2 atom stereocenters. The Morgan fingerprint density at radius 1 is 1.33 bits per heavy atom. The van der Waals surface area contributed by atoms with E-state index in [4.69, 9.17) is 0 Å². The minimum absolute atomic E-state index is 0.542. The average Bonchev–Trinajstić information content (AvgIpc) is 2.26. The third kappa shape index (κ3) is 5.94. The molecular formula is C15H32N2S. The molecule has 1 N–H and O–H groups in total. The van der Waals surface area contributed by atoms with E-state index in [-0.39, 0.29) is 0 Å². The number of hydrogen-bond acceptors (Lipinski definition) is 3. The normalized spacial score (nSPS) is 27.7. The molecule has 0 saturated heterocycles. The zero-order chi connectivity index (χ0) is 13.6. The Balaban J connectivity index is 2.43. The molecule has 0 aromatic heterocycles. The van der Waals surface area contributed by atoms with Gasteiger partial charge in [-0.2, -0.15) is 11.8 Å². The molecule has 0 amide bonds. The van der Waals surface area contributed by atoms with Crippen LogP contribution in [-0.4, -0.2) is 49.1 Å². The number of thioether (sulfide) groups is 1. The molecule has 0 heterocycles. The van der Waals surface area contributed by atoms with Crippen molar-refractivity contribution in [2.75, 3.05) is 32.9 Å². The summed E-state index contributed by atoms with van der Waals surface area (Å²) in [6.07, 6.45) is 5.34. The Morgan fingerprint density at radius 2 is 2.06 bits per heavy atom. The summed E-state index contributed by atoms with van der Waals surface area (Å²) in [5.41, 5.74) is 0.542. The third-order valence-electron chi connectivity index (χ3n) is 3.86. The van der Waals surface area contributed by atoms with Gasteiger partial charge in [0.15, 0.2) is 0 Å². The van der Waals surface area contributed by atoms with Crippen molar-refractivity contribution in [3.8, 4) is 0 Å². The highest BCUT2D eigenvalue weighted by molar-refractivity contribution is 8.00. The summed E-state index contributed by atoms with van der Waals surface area (Å²) in [6.45, 7) is 9.50. The van der Waals surface area contributed by atoms with Crippen LogP contribution < -0.4 is 5.32 Å². The first-order valence-corrected chi connectivity index (χ1v) is 8.49. The predicted molar refractivity (Wildman–Crippen MR) is 84.5 cm³/mol. The highest BCUT2D eigenvalue weighted by Crippen LogP contribution is 2.40. The van der Waals surface area contributed by atoms with Gasteiger partial charge in [-0.05, 0) is 51.7 Å². The van der Waals surface area contributed by atoms with Gasteiger partial charge in [0, 0.05) is 23.6 Å². The summed E-state index contributed by atoms with van der Waals surface area (Å²) in [4.78, 5) is 2.29. The van der Waals surface area contributed by atoms with E-state index in [1.807, 2.05) is 0 Å². The molecule has 1 aliphatic carbocycles. The molecule has 1 saturated carbocycles. The second-order valence-electron chi connectivity index (χ2n) is 6.68. The van der Waals surface area contributed by atoms with E-state index >= 15 is 0 Å². The third-order valence-corrected chi connectivity index (χ3v) is 5.20. The molecule has 1 aliphatic rings. The Bertz CT molecular complexity index is 229. The average molecular weight is 273 g/mol. The molecule has 2 nitrogen and oxygen atoms in total. The molecule has 0 aromatic rings. The fourth-order valence-electron chi connectivity index (χ4n) is 2.65. The molecule has 3 heteroatoms. The van der Waals surface area contributed by atoms with Crippen molar-refractivity contribution in [2.24, 2.45) is 5.41 Å². The first kappa shape index (κ1) is 16.3. The Kier molecular flexibility index (Phi) is 7.04. The van der Waals surface area contributed by atoms with Crippen LogP contribution >= 0.6 is 11.8 Å². The molecule has 2 unspecified atom stereocenters. The van der Waals surface area contributed by atoms with Crippen molar-refractivity contribution >= 4 is 11.8 Å². The second-order valence-corrected chi connectivity index (χ2v) is 8.03. The van der Waals surface area contributed by atoms with Gasteiger partial charge in [-0.25, -0.2) is 0 Å². The quantitative estimate of drug-likeness (QED) is 0.766. The van der Waals surface area contributed by atoms with Gasteiger partial charge in [-0.15, -0.1) is 0 Å².